The van der Waals surface area contributed by atoms with Crippen LogP contribution >= 0.6 is 11.6 Å². The molecule has 0 aliphatic carbocycles. The van der Waals surface area contributed by atoms with Gasteiger partial charge < -0.3 is 15.0 Å². The number of hydrogen-bond acceptors (Lipinski definition) is 7. The van der Waals surface area contributed by atoms with Crippen LogP contribution in [0, 0.1) is 6.92 Å². The van der Waals surface area contributed by atoms with E-state index in [1.807, 2.05) is 6.92 Å². The van der Waals surface area contributed by atoms with Gasteiger partial charge in [-0.2, -0.15) is 13.9 Å². The number of aryl methyl sites for hydroxylation is 2. The first-order chi connectivity index (χ1) is 17.0. The van der Waals surface area contributed by atoms with E-state index in [9.17, 15) is 13.6 Å². The van der Waals surface area contributed by atoms with E-state index in [0.29, 0.717) is 46.6 Å². The Morgan fingerprint density at radius 2 is 2.08 bits per heavy atom. The van der Waals surface area contributed by atoms with Crippen molar-refractivity contribution in [3.8, 4) is 17.3 Å². The number of alkyl halides is 2. The van der Waals surface area contributed by atoms with Crippen molar-refractivity contribution >= 4 is 23.3 Å². The summed E-state index contributed by atoms with van der Waals surface area (Å²) in [6, 6.07) is 5.22. The van der Waals surface area contributed by atoms with Gasteiger partial charge in [-0.1, -0.05) is 11.6 Å². The number of carbonyl (C=O) groups is 1. The lowest BCUT2D eigenvalue weighted by Gasteiger charge is -2.22. The maximum absolute atomic E-state index is 13.7. The highest BCUT2D eigenvalue weighted by atomic mass is 35.5. The van der Waals surface area contributed by atoms with Crippen LogP contribution in [-0.2, 0) is 17.8 Å². The summed E-state index contributed by atoms with van der Waals surface area (Å²) in [6.07, 6.45) is 2.24. The van der Waals surface area contributed by atoms with Crippen molar-refractivity contribution in [2.45, 2.75) is 45.1 Å². The summed E-state index contributed by atoms with van der Waals surface area (Å²) < 4.78 is 33.7. The molecule has 0 unspecified atom stereocenters. The van der Waals surface area contributed by atoms with Crippen molar-refractivity contribution in [2.24, 2.45) is 7.05 Å². The van der Waals surface area contributed by atoms with Gasteiger partial charge in [-0.25, -0.2) is 19.6 Å². The molecule has 1 amide bonds. The molecule has 0 radical (unpaired) electrons. The summed E-state index contributed by atoms with van der Waals surface area (Å²) in [4.78, 5) is 27.6. The van der Waals surface area contributed by atoms with E-state index in [-0.39, 0.29) is 17.8 Å². The van der Waals surface area contributed by atoms with Gasteiger partial charge in [0.2, 0.25) is 11.8 Å². The number of anilines is 1. The van der Waals surface area contributed by atoms with E-state index in [0.717, 1.165) is 18.0 Å². The molecule has 0 aromatic carbocycles. The van der Waals surface area contributed by atoms with Crippen molar-refractivity contribution in [3.05, 3.63) is 46.5 Å². The molecule has 0 bridgehead atoms. The maximum atomic E-state index is 13.7. The molecule has 36 heavy (non-hydrogen) atoms. The zero-order chi connectivity index (χ0) is 26.2. The first-order valence-electron chi connectivity index (χ1n) is 11.5. The number of aromatic nitrogens is 5. The van der Waals surface area contributed by atoms with Crippen LogP contribution < -0.4 is 10.1 Å². The highest BCUT2D eigenvalue weighted by molar-refractivity contribution is 6.31. The Morgan fingerprint density at radius 1 is 1.33 bits per heavy atom. The van der Waals surface area contributed by atoms with Crippen molar-refractivity contribution in [2.75, 3.05) is 25.5 Å². The molecule has 1 fully saturated rings. The third-order valence-corrected chi connectivity index (χ3v) is 6.56. The van der Waals surface area contributed by atoms with Crippen LogP contribution in [0.2, 0.25) is 5.02 Å². The van der Waals surface area contributed by atoms with Gasteiger partial charge in [0.1, 0.15) is 5.82 Å². The summed E-state index contributed by atoms with van der Waals surface area (Å²) >= 11 is 6.28. The van der Waals surface area contributed by atoms with E-state index in [1.165, 1.54) is 20.4 Å². The van der Waals surface area contributed by atoms with Crippen LogP contribution in [0.1, 0.15) is 43.3 Å². The Morgan fingerprint density at radius 3 is 2.72 bits per heavy atom. The van der Waals surface area contributed by atoms with Crippen molar-refractivity contribution < 1.29 is 18.3 Å². The Bertz CT molecular complexity index is 1280. The van der Waals surface area contributed by atoms with Gasteiger partial charge in [0.15, 0.2) is 11.6 Å². The van der Waals surface area contributed by atoms with E-state index in [2.05, 4.69) is 25.4 Å². The van der Waals surface area contributed by atoms with Crippen molar-refractivity contribution in [3.63, 3.8) is 0 Å². The summed E-state index contributed by atoms with van der Waals surface area (Å²) in [6.45, 7) is 5.50. The monoisotopic (exact) mass is 519 g/mol. The average molecular weight is 520 g/mol. The largest absolute Gasteiger partial charge is 0.481 e. The van der Waals surface area contributed by atoms with E-state index >= 15 is 0 Å². The van der Waals surface area contributed by atoms with Crippen molar-refractivity contribution in [1.82, 2.24) is 29.6 Å². The van der Waals surface area contributed by atoms with Gasteiger partial charge in [0.25, 0.3) is 0 Å². The first-order valence-corrected chi connectivity index (χ1v) is 11.9. The predicted molar refractivity (Wildman–Crippen MR) is 131 cm³/mol. The molecule has 0 spiro atoms. The quantitative estimate of drug-likeness (QED) is 0.500. The fourth-order valence-corrected chi connectivity index (χ4v) is 4.60. The summed E-state index contributed by atoms with van der Waals surface area (Å²) in [5.41, 5.74) is 1.86. The molecule has 9 nitrogen and oxygen atoms in total. The van der Waals surface area contributed by atoms with Crippen LogP contribution in [0.25, 0.3) is 11.4 Å². The van der Waals surface area contributed by atoms with Gasteiger partial charge in [-0.05, 0) is 38.0 Å². The Balaban J connectivity index is 1.42. The molecule has 192 valence electrons. The standard InChI is InChI=1S/C24H28ClF2N7O2/c1-13(17-10-20(36-5)28-11-18(17)25)22(35)34-9-8-15(12-34)30-19-7-6-16(14(2)29-19)21-31-23(24(3,26)27)33(4)32-21/h6-7,10-11,13,15H,8-9,12H2,1-5H3,(H,29,30)/t13-,15+/m1/s1. The van der Waals surface area contributed by atoms with Crippen LogP contribution in [-0.4, -0.2) is 61.8 Å². The third-order valence-electron chi connectivity index (χ3n) is 6.24. The van der Waals surface area contributed by atoms with Crippen molar-refractivity contribution in [1.29, 1.82) is 0 Å². The number of nitrogens with zero attached hydrogens (tertiary/aromatic N) is 6. The molecule has 1 aliphatic heterocycles. The molecule has 1 aliphatic rings. The summed E-state index contributed by atoms with van der Waals surface area (Å²) in [5, 5.41) is 7.91. The molecular weight excluding hydrogens is 492 g/mol. The lowest BCUT2D eigenvalue weighted by atomic mass is 10.0. The van der Waals surface area contributed by atoms with Crippen LogP contribution in [0.4, 0.5) is 14.6 Å². The predicted octanol–water partition coefficient (Wildman–Crippen LogP) is 4.17. The number of pyridine rings is 2. The minimum absolute atomic E-state index is 0.0136. The number of rotatable bonds is 7. The lowest BCUT2D eigenvalue weighted by molar-refractivity contribution is -0.131. The molecule has 1 N–H and O–H groups in total. The van der Waals surface area contributed by atoms with Gasteiger partial charge >= 0.3 is 5.92 Å². The second-order valence-corrected chi connectivity index (χ2v) is 9.39. The minimum Gasteiger partial charge on any atom is -0.481 e. The number of amides is 1. The molecule has 4 heterocycles. The molecule has 2 atom stereocenters. The Labute approximate surface area is 212 Å². The van der Waals surface area contributed by atoms with Gasteiger partial charge in [-0.15, -0.1) is 0 Å². The number of halogens is 3. The SMILES string of the molecule is COc1cc([C@@H](C)C(=O)N2CC[C@H](Nc3ccc(-c4nc(C(C)(F)F)n(C)n4)c(C)n3)C2)c(Cl)cn1. The Hall–Kier alpha value is -3.34. The molecule has 3 aromatic heterocycles. The zero-order valence-corrected chi connectivity index (χ0v) is 21.5. The number of hydrogen-bond donors (Lipinski definition) is 1. The molecular formula is C24H28ClF2N7O2. The normalized spacial score (nSPS) is 16.8. The second-order valence-electron chi connectivity index (χ2n) is 8.98. The van der Waals surface area contributed by atoms with Gasteiger partial charge in [0, 0.05) is 50.9 Å². The van der Waals surface area contributed by atoms with Crippen LogP contribution in [0.15, 0.2) is 24.4 Å². The number of ether oxygens (including phenoxy) is 1. The fraction of sp³-hybridized carbons (Fsp3) is 0.458. The smallest absolute Gasteiger partial charge is 0.303 e. The van der Waals surface area contributed by atoms with Gasteiger partial charge in [-0.3, -0.25) is 4.79 Å². The lowest BCUT2D eigenvalue weighted by Crippen LogP contribution is -2.34. The van der Waals surface area contributed by atoms with Crippen LogP contribution in [0.3, 0.4) is 0 Å². The van der Waals surface area contributed by atoms with E-state index < -0.39 is 17.7 Å². The zero-order valence-electron chi connectivity index (χ0n) is 20.7. The molecule has 0 saturated carbocycles. The molecule has 3 aromatic rings. The second kappa shape index (κ2) is 9.96. The average Bonchev–Trinajstić information content (AvgIpc) is 3.45. The highest BCUT2D eigenvalue weighted by Gasteiger charge is 2.32. The minimum atomic E-state index is -3.10. The molecule has 1 saturated heterocycles. The van der Waals surface area contributed by atoms with Gasteiger partial charge in [0.05, 0.1) is 23.7 Å². The van der Waals surface area contributed by atoms with E-state index in [1.54, 1.807) is 30.0 Å². The highest BCUT2D eigenvalue weighted by Crippen LogP contribution is 2.31. The Kier molecular flexibility index (Phi) is 7.12. The number of nitrogens with one attached hydrogen (secondary N) is 1. The third kappa shape index (κ3) is 5.25. The first kappa shape index (κ1) is 25.7. The summed E-state index contributed by atoms with van der Waals surface area (Å²) in [5.74, 6) is -2.75. The number of likely N-dealkylation sites (tertiary alicyclic amines) is 1. The maximum Gasteiger partial charge on any atom is 0.303 e. The topological polar surface area (TPSA) is 98.1 Å². The van der Waals surface area contributed by atoms with E-state index in [4.69, 9.17) is 16.3 Å². The van der Waals surface area contributed by atoms with Crippen LogP contribution in [0.5, 0.6) is 5.88 Å². The summed E-state index contributed by atoms with van der Waals surface area (Å²) in [7, 11) is 2.95. The molecule has 12 heteroatoms. The fourth-order valence-electron chi connectivity index (χ4n) is 4.33. The molecule has 4 rings (SSSR count). The number of methoxy groups -OCH3 is 1. The number of carbonyl (C=O) groups excluding carboxylic acids is 1.